The van der Waals surface area contributed by atoms with Crippen LogP contribution in [-0.2, 0) is 19.0 Å². The summed E-state index contributed by atoms with van der Waals surface area (Å²) in [6, 6.07) is 6.23. The summed E-state index contributed by atoms with van der Waals surface area (Å²) in [6.45, 7) is 1.90. The lowest BCUT2D eigenvalue weighted by Gasteiger charge is -2.24. The normalized spacial score (nSPS) is 14.6. The molecule has 0 saturated heterocycles. The van der Waals surface area contributed by atoms with Crippen molar-refractivity contribution in [3.63, 3.8) is 0 Å². The molecule has 2 N–H and O–H groups in total. The van der Waals surface area contributed by atoms with Crippen molar-refractivity contribution in [2.24, 2.45) is 12.8 Å². The first-order chi connectivity index (χ1) is 7.99. The number of nitrogens with zero attached hydrogens (tertiary/aromatic N) is 3. The average Bonchev–Trinajstić information content (AvgIpc) is 2.64. The molecule has 1 atom stereocenters. The minimum atomic E-state index is -0.589. The second kappa shape index (κ2) is 4.25. The Kier molecular flexibility index (Phi) is 2.93. The van der Waals surface area contributed by atoms with Crippen molar-refractivity contribution < 1.29 is 4.39 Å². The minimum absolute atomic E-state index is 0.261. The number of hydrogen-bond donors (Lipinski definition) is 1. The predicted molar refractivity (Wildman–Crippen MR) is 62.6 cm³/mol. The first kappa shape index (κ1) is 11.7. The summed E-state index contributed by atoms with van der Waals surface area (Å²) in [5.74, 6) is 0.544. The van der Waals surface area contributed by atoms with Crippen molar-refractivity contribution in [2.75, 3.05) is 0 Å². The molecule has 1 aromatic carbocycles. The molecule has 0 spiro atoms. The Morgan fingerprint density at radius 1 is 1.35 bits per heavy atom. The summed E-state index contributed by atoms with van der Waals surface area (Å²) in [5.41, 5.74) is 6.53. The highest BCUT2D eigenvalue weighted by Gasteiger charge is 2.23. The van der Waals surface area contributed by atoms with E-state index in [0.29, 0.717) is 6.42 Å². The highest BCUT2D eigenvalue weighted by atomic mass is 19.1. The summed E-state index contributed by atoms with van der Waals surface area (Å²) in [6.07, 6.45) is 2.05. The zero-order valence-corrected chi connectivity index (χ0v) is 9.89. The Balaban J connectivity index is 2.24. The van der Waals surface area contributed by atoms with Crippen LogP contribution in [0.15, 0.2) is 30.6 Å². The van der Waals surface area contributed by atoms with Crippen molar-refractivity contribution in [2.45, 2.75) is 18.9 Å². The number of rotatable bonds is 3. The summed E-state index contributed by atoms with van der Waals surface area (Å²) in [7, 11) is 1.82. The van der Waals surface area contributed by atoms with Crippen molar-refractivity contribution in [1.29, 1.82) is 0 Å². The minimum Gasteiger partial charge on any atom is -0.321 e. The number of benzene rings is 1. The molecule has 17 heavy (non-hydrogen) atoms. The fraction of sp³-hybridized carbons (Fsp3) is 0.333. The first-order valence-corrected chi connectivity index (χ1v) is 5.37. The van der Waals surface area contributed by atoms with E-state index in [1.54, 1.807) is 16.8 Å². The molecule has 2 aromatic rings. The predicted octanol–water partition coefficient (Wildman–Crippen LogP) is 1.37. The van der Waals surface area contributed by atoms with Gasteiger partial charge in [-0.05, 0) is 24.6 Å². The zero-order valence-electron chi connectivity index (χ0n) is 9.89. The lowest BCUT2D eigenvalue weighted by atomic mass is 9.89. The maximum absolute atomic E-state index is 12.8. The molecule has 1 aromatic heterocycles. The molecule has 0 aliphatic carbocycles. The van der Waals surface area contributed by atoms with Crippen LogP contribution in [0.1, 0.15) is 18.3 Å². The average molecular weight is 234 g/mol. The Morgan fingerprint density at radius 3 is 2.53 bits per heavy atom. The molecule has 1 heterocycles. The van der Waals surface area contributed by atoms with E-state index in [1.165, 1.54) is 18.5 Å². The van der Waals surface area contributed by atoms with Gasteiger partial charge in [-0.1, -0.05) is 12.1 Å². The number of halogens is 1. The van der Waals surface area contributed by atoms with Crippen LogP contribution in [0, 0.1) is 5.82 Å². The van der Waals surface area contributed by atoms with Crippen LogP contribution in [-0.4, -0.2) is 14.8 Å². The van der Waals surface area contributed by atoms with Crippen molar-refractivity contribution >= 4 is 0 Å². The maximum Gasteiger partial charge on any atom is 0.138 e. The molecule has 0 aliphatic heterocycles. The standard InChI is InChI=1S/C12H15FN4/c1-12(14,7-11-15-8-16-17(11)2)9-3-5-10(13)6-4-9/h3-6,8H,7,14H2,1-2H3. The van der Waals surface area contributed by atoms with E-state index in [0.717, 1.165) is 11.4 Å². The fourth-order valence-electron chi connectivity index (χ4n) is 1.74. The summed E-state index contributed by atoms with van der Waals surface area (Å²) >= 11 is 0. The Hall–Kier alpha value is -1.75. The zero-order chi connectivity index (χ0) is 12.5. The third-order valence-electron chi connectivity index (χ3n) is 2.83. The SMILES string of the molecule is Cn1ncnc1CC(C)(N)c1ccc(F)cc1. The van der Waals surface area contributed by atoms with Gasteiger partial charge in [-0.25, -0.2) is 9.37 Å². The van der Waals surface area contributed by atoms with Crippen LogP contribution >= 0.6 is 0 Å². The van der Waals surface area contributed by atoms with Crippen molar-refractivity contribution in [1.82, 2.24) is 14.8 Å². The smallest absolute Gasteiger partial charge is 0.138 e. The second-order valence-corrected chi connectivity index (χ2v) is 4.40. The number of aryl methyl sites for hydroxylation is 1. The van der Waals surface area contributed by atoms with E-state index >= 15 is 0 Å². The molecule has 4 nitrogen and oxygen atoms in total. The second-order valence-electron chi connectivity index (χ2n) is 4.40. The molecule has 5 heteroatoms. The molecule has 0 bridgehead atoms. The van der Waals surface area contributed by atoms with Gasteiger partial charge in [0.1, 0.15) is 18.0 Å². The summed E-state index contributed by atoms with van der Waals surface area (Å²) in [4.78, 5) is 4.14. The molecule has 0 amide bonds. The van der Waals surface area contributed by atoms with E-state index in [-0.39, 0.29) is 5.82 Å². The molecule has 1 unspecified atom stereocenters. The van der Waals surface area contributed by atoms with E-state index in [9.17, 15) is 4.39 Å². The first-order valence-electron chi connectivity index (χ1n) is 5.37. The molecule has 0 saturated carbocycles. The van der Waals surface area contributed by atoms with E-state index in [4.69, 9.17) is 5.73 Å². The fourth-order valence-corrected chi connectivity index (χ4v) is 1.74. The molecule has 90 valence electrons. The molecule has 0 fully saturated rings. The Morgan fingerprint density at radius 2 is 2.00 bits per heavy atom. The largest absolute Gasteiger partial charge is 0.321 e. The summed E-state index contributed by atoms with van der Waals surface area (Å²) < 4.78 is 14.5. The monoisotopic (exact) mass is 234 g/mol. The van der Waals surface area contributed by atoms with Crippen LogP contribution in [0.25, 0.3) is 0 Å². The van der Waals surface area contributed by atoms with Crippen LogP contribution in [0.2, 0.25) is 0 Å². The quantitative estimate of drug-likeness (QED) is 0.872. The van der Waals surface area contributed by atoms with E-state index < -0.39 is 5.54 Å². The highest BCUT2D eigenvalue weighted by Crippen LogP contribution is 2.21. The van der Waals surface area contributed by atoms with Gasteiger partial charge < -0.3 is 5.73 Å². The van der Waals surface area contributed by atoms with Gasteiger partial charge in [0.15, 0.2) is 0 Å². The van der Waals surface area contributed by atoms with Gasteiger partial charge in [0.2, 0.25) is 0 Å². The van der Waals surface area contributed by atoms with Crippen molar-refractivity contribution in [3.8, 4) is 0 Å². The van der Waals surface area contributed by atoms with Crippen LogP contribution in [0.4, 0.5) is 4.39 Å². The molecular formula is C12H15FN4. The van der Waals surface area contributed by atoms with Gasteiger partial charge in [0, 0.05) is 19.0 Å². The van der Waals surface area contributed by atoms with E-state index in [1.807, 2.05) is 14.0 Å². The number of aromatic nitrogens is 3. The topological polar surface area (TPSA) is 56.7 Å². The highest BCUT2D eigenvalue weighted by molar-refractivity contribution is 5.25. The van der Waals surface area contributed by atoms with Gasteiger partial charge in [-0.3, -0.25) is 4.68 Å². The van der Waals surface area contributed by atoms with Gasteiger partial charge in [0.05, 0.1) is 0 Å². The molecule has 0 aliphatic rings. The van der Waals surface area contributed by atoms with Gasteiger partial charge >= 0.3 is 0 Å². The van der Waals surface area contributed by atoms with Gasteiger partial charge in [-0.2, -0.15) is 5.10 Å². The third kappa shape index (κ3) is 2.50. The van der Waals surface area contributed by atoms with E-state index in [2.05, 4.69) is 10.1 Å². The van der Waals surface area contributed by atoms with Crippen LogP contribution < -0.4 is 5.73 Å². The Labute approximate surface area is 99.3 Å². The van der Waals surface area contributed by atoms with Crippen LogP contribution in [0.3, 0.4) is 0 Å². The number of hydrogen-bond acceptors (Lipinski definition) is 3. The van der Waals surface area contributed by atoms with Crippen molar-refractivity contribution in [3.05, 3.63) is 47.8 Å². The van der Waals surface area contributed by atoms with Gasteiger partial charge in [0.25, 0.3) is 0 Å². The molecule has 2 rings (SSSR count). The number of nitrogens with two attached hydrogens (primary N) is 1. The lowest BCUT2D eigenvalue weighted by Crippen LogP contribution is -2.36. The lowest BCUT2D eigenvalue weighted by molar-refractivity contribution is 0.464. The van der Waals surface area contributed by atoms with Crippen LogP contribution in [0.5, 0.6) is 0 Å². The van der Waals surface area contributed by atoms with Gasteiger partial charge in [-0.15, -0.1) is 0 Å². The molecular weight excluding hydrogens is 219 g/mol. The summed E-state index contributed by atoms with van der Waals surface area (Å²) in [5, 5.41) is 4.00. The Bertz CT molecular complexity index is 501. The third-order valence-corrected chi connectivity index (χ3v) is 2.83. The maximum atomic E-state index is 12.8. The molecule has 0 radical (unpaired) electrons.